The van der Waals surface area contributed by atoms with Crippen molar-refractivity contribution in [2.75, 3.05) is 0 Å². The van der Waals surface area contributed by atoms with E-state index in [4.69, 9.17) is 4.74 Å². The van der Waals surface area contributed by atoms with Gasteiger partial charge in [0.05, 0.1) is 12.2 Å². The smallest absolute Gasteiger partial charge is 0.348 e. The van der Waals surface area contributed by atoms with Gasteiger partial charge in [0.1, 0.15) is 6.10 Å². The number of esters is 1. The Balaban J connectivity index is 2.14. The molecule has 25 heavy (non-hydrogen) atoms. The maximum atomic E-state index is 11.9. The molecule has 1 aliphatic rings. The summed E-state index contributed by atoms with van der Waals surface area (Å²) in [6.45, 7) is 0. The highest BCUT2D eigenvalue weighted by atomic mass is 16.6. The Bertz CT molecular complexity index is 685. The van der Waals surface area contributed by atoms with Gasteiger partial charge in [-0.3, -0.25) is 0 Å². The van der Waals surface area contributed by atoms with E-state index >= 15 is 0 Å². The van der Waals surface area contributed by atoms with E-state index in [9.17, 15) is 40.2 Å². The van der Waals surface area contributed by atoms with Crippen molar-refractivity contribution in [2.45, 2.75) is 36.8 Å². The zero-order valence-electron chi connectivity index (χ0n) is 12.9. The third kappa shape index (κ3) is 4.08. The molecule has 1 aliphatic carbocycles. The third-order valence-electron chi connectivity index (χ3n) is 3.96. The van der Waals surface area contributed by atoms with Crippen LogP contribution in [-0.4, -0.2) is 66.5 Å². The van der Waals surface area contributed by atoms with Gasteiger partial charge >= 0.3 is 11.9 Å². The second kappa shape index (κ2) is 7.09. The van der Waals surface area contributed by atoms with Gasteiger partial charge < -0.3 is 35.4 Å². The van der Waals surface area contributed by atoms with Crippen LogP contribution in [0.4, 0.5) is 0 Å². The Morgan fingerprint density at radius 2 is 1.68 bits per heavy atom. The zero-order chi connectivity index (χ0) is 18.8. The number of rotatable bonds is 4. The summed E-state index contributed by atoms with van der Waals surface area (Å²) in [6, 6.07) is 3.78. The van der Waals surface area contributed by atoms with Crippen LogP contribution in [-0.2, 0) is 14.3 Å². The van der Waals surface area contributed by atoms with Crippen molar-refractivity contribution in [2.24, 2.45) is 0 Å². The summed E-state index contributed by atoms with van der Waals surface area (Å²) >= 11 is 0. The molecule has 0 heterocycles. The van der Waals surface area contributed by atoms with Crippen molar-refractivity contribution >= 4 is 18.0 Å². The van der Waals surface area contributed by atoms with E-state index in [-0.39, 0.29) is 5.75 Å². The van der Waals surface area contributed by atoms with Crippen LogP contribution < -0.4 is 0 Å². The summed E-state index contributed by atoms with van der Waals surface area (Å²) in [6.07, 6.45) is -3.67. The summed E-state index contributed by atoms with van der Waals surface area (Å²) in [5.41, 5.74) is -1.83. The van der Waals surface area contributed by atoms with Gasteiger partial charge in [0.15, 0.2) is 11.5 Å². The first kappa shape index (κ1) is 18.7. The third-order valence-corrected chi connectivity index (χ3v) is 3.96. The molecule has 0 radical (unpaired) electrons. The maximum Gasteiger partial charge on any atom is 0.348 e. The van der Waals surface area contributed by atoms with E-state index in [0.717, 1.165) is 6.08 Å². The SMILES string of the molecule is O=C(/C=C/c1ccc(O)c(O)c1)O[C@]1(C(=O)O)C[C@@H](O)[C@H](O)[C@H](O)C1. The van der Waals surface area contributed by atoms with Gasteiger partial charge in [-0.05, 0) is 23.8 Å². The average molecular weight is 354 g/mol. The molecule has 2 rings (SSSR count). The Kier molecular flexibility index (Phi) is 5.31. The standard InChI is InChI=1S/C16H18O9/c17-9-3-1-8(5-10(9)18)2-4-13(21)25-16(15(23)24)6-11(19)14(22)12(20)7-16/h1-5,11-12,14,17-20,22H,6-7H2,(H,23,24)/b4-2+/t11-,12-,14-,16+/m1/s1. The number of carbonyl (C=O) groups excluding carboxylic acids is 1. The van der Waals surface area contributed by atoms with E-state index in [0.29, 0.717) is 5.56 Å². The van der Waals surface area contributed by atoms with Crippen LogP contribution in [0.15, 0.2) is 24.3 Å². The average Bonchev–Trinajstić information content (AvgIpc) is 2.53. The lowest BCUT2D eigenvalue weighted by Crippen LogP contribution is -2.57. The van der Waals surface area contributed by atoms with Crippen LogP contribution in [0.1, 0.15) is 18.4 Å². The molecule has 6 N–H and O–H groups in total. The predicted octanol–water partition coefficient (Wildman–Crippen LogP) is -0.646. The molecule has 1 aromatic carbocycles. The number of hydrogen-bond acceptors (Lipinski definition) is 8. The number of benzene rings is 1. The number of carbonyl (C=O) groups is 2. The van der Waals surface area contributed by atoms with Gasteiger partial charge in [-0.25, -0.2) is 9.59 Å². The lowest BCUT2D eigenvalue weighted by Gasteiger charge is -2.39. The quantitative estimate of drug-likeness (QED) is 0.234. The molecular formula is C16H18O9. The number of aliphatic carboxylic acids is 1. The van der Waals surface area contributed by atoms with Crippen molar-refractivity contribution in [1.29, 1.82) is 0 Å². The number of aliphatic hydroxyl groups is 3. The Hall–Kier alpha value is -2.62. The van der Waals surface area contributed by atoms with Gasteiger partial charge in [0.25, 0.3) is 0 Å². The number of aliphatic hydroxyl groups excluding tert-OH is 3. The number of hydrogen-bond donors (Lipinski definition) is 6. The van der Waals surface area contributed by atoms with Crippen molar-refractivity contribution in [3.8, 4) is 11.5 Å². The molecule has 1 fully saturated rings. The molecule has 0 unspecified atom stereocenters. The van der Waals surface area contributed by atoms with Crippen molar-refractivity contribution in [1.82, 2.24) is 0 Å². The molecule has 0 bridgehead atoms. The highest BCUT2D eigenvalue weighted by Gasteiger charge is 2.52. The lowest BCUT2D eigenvalue weighted by molar-refractivity contribution is -0.201. The molecule has 9 nitrogen and oxygen atoms in total. The normalized spacial score (nSPS) is 29.5. The van der Waals surface area contributed by atoms with Gasteiger partial charge in [-0.15, -0.1) is 0 Å². The summed E-state index contributed by atoms with van der Waals surface area (Å²) < 4.78 is 4.94. The highest BCUT2D eigenvalue weighted by molar-refractivity contribution is 5.90. The monoisotopic (exact) mass is 354 g/mol. The van der Waals surface area contributed by atoms with Gasteiger partial charge in [-0.2, -0.15) is 0 Å². The first-order chi connectivity index (χ1) is 11.6. The molecule has 9 heteroatoms. The van der Waals surface area contributed by atoms with Crippen molar-refractivity contribution in [3.05, 3.63) is 29.8 Å². The second-order valence-corrected chi connectivity index (χ2v) is 5.84. The predicted molar refractivity (Wildman–Crippen MR) is 82.5 cm³/mol. The van der Waals surface area contributed by atoms with Crippen LogP contribution in [0.25, 0.3) is 6.08 Å². The number of carboxylic acid groups (broad SMARTS) is 1. The first-order valence-electron chi connectivity index (χ1n) is 7.35. The molecule has 1 saturated carbocycles. The van der Waals surface area contributed by atoms with Crippen LogP contribution in [0.3, 0.4) is 0 Å². The highest BCUT2D eigenvalue weighted by Crippen LogP contribution is 2.33. The molecule has 0 aliphatic heterocycles. The van der Waals surface area contributed by atoms with Gasteiger partial charge in [0, 0.05) is 18.9 Å². The van der Waals surface area contributed by atoms with E-state index in [2.05, 4.69) is 0 Å². The largest absolute Gasteiger partial charge is 0.504 e. The maximum absolute atomic E-state index is 11.9. The first-order valence-corrected chi connectivity index (χ1v) is 7.35. The molecule has 1 aromatic rings. The van der Waals surface area contributed by atoms with Crippen molar-refractivity contribution in [3.63, 3.8) is 0 Å². The number of carboxylic acids is 1. The molecule has 0 amide bonds. The Morgan fingerprint density at radius 3 is 2.20 bits per heavy atom. The van der Waals surface area contributed by atoms with Crippen molar-refractivity contribution < 1.29 is 45.0 Å². The zero-order valence-corrected chi connectivity index (χ0v) is 12.9. The molecule has 0 spiro atoms. The lowest BCUT2D eigenvalue weighted by atomic mass is 9.79. The molecule has 0 saturated heterocycles. The number of phenolic OH excluding ortho intramolecular Hbond substituents is 2. The minimum absolute atomic E-state index is 0.340. The summed E-state index contributed by atoms with van der Waals surface area (Å²) in [5, 5.41) is 56.8. The van der Waals surface area contributed by atoms with Gasteiger partial charge in [0.2, 0.25) is 5.60 Å². The Morgan fingerprint density at radius 1 is 1.08 bits per heavy atom. The van der Waals surface area contributed by atoms with Gasteiger partial charge in [-0.1, -0.05) is 6.07 Å². The molecular weight excluding hydrogens is 336 g/mol. The molecule has 136 valence electrons. The van der Waals surface area contributed by atoms with Crippen LogP contribution in [0.2, 0.25) is 0 Å². The van der Waals surface area contributed by atoms with Crippen LogP contribution >= 0.6 is 0 Å². The van der Waals surface area contributed by atoms with Crippen LogP contribution in [0.5, 0.6) is 11.5 Å². The molecule has 0 aromatic heterocycles. The topological polar surface area (TPSA) is 165 Å². The Labute approximate surface area is 142 Å². The van der Waals surface area contributed by atoms with E-state index in [1.807, 2.05) is 0 Å². The number of aromatic hydroxyl groups is 2. The summed E-state index contributed by atoms with van der Waals surface area (Å²) in [4.78, 5) is 23.4. The number of phenols is 2. The fourth-order valence-electron chi connectivity index (χ4n) is 2.59. The minimum atomic E-state index is -2.17. The minimum Gasteiger partial charge on any atom is -0.504 e. The van der Waals surface area contributed by atoms with E-state index < -0.39 is 54.4 Å². The number of ether oxygens (including phenoxy) is 1. The van der Waals surface area contributed by atoms with Crippen LogP contribution in [0, 0.1) is 0 Å². The molecule has 2 atom stereocenters. The summed E-state index contributed by atoms with van der Waals surface area (Å²) in [7, 11) is 0. The second-order valence-electron chi connectivity index (χ2n) is 5.84. The summed E-state index contributed by atoms with van der Waals surface area (Å²) in [5.74, 6) is -3.34. The fourth-order valence-corrected chi connectivity index (χ4v) is 2.59. The van der Waals surface area contributed by atoms with E-state index in [1.165, 1.54) is 24.3 Å². The van der Waals surface area contributed by atoms with E-state index in [1.54, 1.807) is 0 Å². The fraction of sp³-hybridized carbons (Fsp3) is 0.375.